The molecule has 72 valence electrons. The second-order valence-electron chi connectivity index (χ2n) is 3.49. The first-order chi connectivity index (χ1) is 6.95. The van der Waals surface area contributed by atoms with Crippen molar-refractivity contribution in [2.24, 2.45) is 0 Å². The molecule has 1 saturated heterocycles. The summed E-state index contributed by atoms with van der Waals surface area (Å²) in [5.74, 6) is 1.21. The van der Waals surface area contributed by atoms with Crippen molar-refractivity contribution < 1.29 is 0 Å². The summed E-state index contributed by atoms with van der Waals surface area (Å²) in [5, 5.41) is 5.32. The van der Waals surface area contributed by atoms with Crippen molar-refractivity contribution in [1.82, 2.24) is 10.3 Å². The first kappa shape index (κ1) is 8.38. The van der Waals surface area contributed by atoms with Gasteiger partial charge in [0.1, 0.15) is 0 Å². The van der Waals surface area contributed by atoms with Crippen LogP contribution in [0.5, 0.6) is 0 Å². The Morgan fingerprint density at radius 2 is 2.21 bits per heavy atom. The van der Waals surface area contributed by atoms with Gasteiger partial charge in [-0.15, -0.1) is 11.8 Å². The first-order valence-corrected chi connectivity index (χ1v) is 5.91. The van der Waals surface area contributed by atoms with Crippen LogP contribution in [-0.2, 0) is 0 Å². The van der Waals surface area contributed by atoms with Crippen molar-refractivity contribution in [2.45, 2.75) is 5.37 Å². The molecule has 3 heteroatoms. The number of thioether (sulfide) groups is 1. The Labute approximate surface area is 87.1 Å². The van der Waals surface area contributed by atoms with Crippen LogP contribution in [0.3, 0.4) is 0 Å². The number of hydrogen-bond donors (Lipinski definition) is 2. The largest absolute Gasteiger partial charge is 0.361 e. The van der Waals surface area contributed by atoms with E-state index in [1.54, 1.807) is 0 Å². The highest BCUT2D eigenvalue weighted by molar-refractivity contribution is 7.99. The topological polar surface area (TPSA) is 27.8 Å². The van der Waals surface area contributed by atoms with E-state index in [0.29, 0.717) is 5.37 Å². The van der Waals surface area contributed by atoms with Gasteiger partial charge in [0.15, 0.2) is 0 Å². The molecule has 1 aromatic heterocycles. The van der Waals surface area contributed by atoms with Gasteiger partial charge in [0.2, 0.25) is 0 Å². The monoisotopic (exact) mass is 204 g/mol. The maximum atomic E-state index is 3.49. The predicted octanol–water partition coefficient (Wildman–Crippen LogP) is 2.50. The molecule has 3 rings (SSSR count). The lowest BCUT2D eigenvalue weighted by Gasteiger charge is -2.07. The minimum Gasteiger partial charge on any atom is -0.361 e. The normalized spacial score (nSPS) is 21.9. The third-order valence-corrected chi connectivity index (χ3v) is 3.81. The molecule has 0 amide bonds. The van der Waals surface area contributed by atoms with E-state index < -0.39 is 0 Å². The van der Waals surface area contributed by atoms with E-state index in [1.165, 1.54) is 22.2 Å². The SMILES string of the molecule is c1ccc2c(C3NCCS3)c[nH]c2c1. The molecule has 0 aliphatic carbocycles. The number of benzene rings is 1. The zero-order valence-corrected chi connectivity index (χ0v) is 8.60. The van der Waals surface area contributed by atoms with E-state index >= 15 is 0 Å². The van der Waals surface area contributed by atoms with Gasteiger partial charge in [-0.25, -0.2) is 0 Å². The third-order valence-electron chi connectivity index (χ3n) is 2.62. The Morgan fingerprint density at radius 1 is 1.29 bits per heavy atom. The highest BCUT2D eigenvalue weighted by Crippen LogP contribution is 2.34. The highest BCUT2D eigenvalue weighted by atomic mass is 32.2. The third kappa shape index (κ3) is 1.24. The Hall–Kier alpha value is -0.930. The van der Waals surface area contributed by atoms with Gasteiger partial charge in [-0.05, 0) is 6.07 Å². The van der Waals surface area contributed by atoms with Crippen LogP contribution in [0.1, 0.15) is 10.9 Å². The van der Waals surface area contributed by atoms with Crippen LogP contribution in [0.25, 0.3) is 10.9 Å². The molecule has 0 saturated carbocycles. The van der Waals surface area contributed by atoms with Crippen LogP contribution in [0.2, 0.25) is 0 Å². The van der Waals surface area contributed by atoms with Crippen molar-refractivity contribution in [2.75, 3.05) is 12.3 Å². The van der Waals surface area contributed by atoms with Crippen LogP contribution in [0.15, 0.2) is 30.5 Å². The van der Waals surface area contributed by atoms with Crippen molar-refractivity contribution >= 4 is 22.7 Å². The molecule has 1 aliphatic heterocycles. The summed E-state index contributed by atoms with van der Waals surface area (Å²) >= 11 is 1.98. The lowest BCUT2D eigenvalue weighted by molar-refractivity contribution is 0.755. The summed E-state index contributed by atoms with van der Waals surface area (Å²) in [6.07, 6.45) is 2.13. The number of H-pyrrole nitrogens is 1. The summed E-state index contributed by atoms with van der Waals surface area (Å²) in [6.45, 7) is 1.12. The smallest absolute Gasteiger partial charge is 0.0810 e. The number of hydrogen-bond acceptors (Lipinski definition) is 2. The minimum atomic E-state index is 0.478. The fraction of sp³-hybridized carbons (Fsp3) is 0.273. The Bertz CT molecular complexity index is 443. The fourth-order valence-corrected chi connectivity index (χ4v) is 3.02. The van der Waals surface area contributed by atoms with Gasteiger partial charge in [-0.3, -0.25) is 0 Å². The van der Waals surface area contributed by atoms with E-state index in [9.17, 15) is 0 Å². The average Bonchev–Trinajstić information content (AvgIpc) is 2.85. The fourth-order valence-electron chi connectivity index (χ4n) is 1.94. The van der Waals surface area contributed by atoms with Crippen LogP contribution in [-0.4, -0.2) is 17.3 Å². The standard InChI is InChI=1S/C11H12N2S/c1-2-4-10-8(3-1)9(7-13-10)11-12-5-6-14-11/h1-4,7,11-13H,5-6H2. The number of rotatable bonds is 1. The molecule has 1 fully saturated rings. The van der Waals surface area contributed by atoms with E-state index in [4.69, 9.17) is 0 Å². The molecule has 2 aromatic rings. The zero-order valence-electron chi connectivity index (χ0n) is 7.79. The molecule has 0 bridgehead atoms. The number of fused-ring (bicyclic) bond motifs is 1. The van der Waals surface area contributed by atoms with Gasteiger partial charge in [0.25, 0.3) is 0 Å². The summed E-state index contributed by atoms with van der Waals surface area (Å²) in [6, 6.07) is 8.47. The molecule has 2 N–H and O–H groups in total. The lowest BCUT2D eigenvalue weighted by atomic mass is 10.2. The molecule has 0 spiro atoms. The molecule has 2 heterocycles. The maximum Gasteiger partial charge on any atom is 0.0810 e. The average molecular weight is 204 g/mol. The number of para-hydroxylation sites is 1. The Balaban J connectivity index is 2.11. The van der Waals surface area contributed by atoms with Gasteiger partial charge in [-0.2, -0.15) is 0 Å². The first-order valence-electron chi connectivity index (χ1n) is 4.86. The molecular weight excluding hydrogens is 192 g/mol. The Kier molecular flexibility index (Phi) is 2.00. The van der Waals surface area contributed by atoms with E-state index in [0.717, 1.165) is 6.54 Å². The molecule has 1 aromatic carbocycles. The summed E-state index contributed by atoms with van der Waals surface area (Å²) in [5.41, 5.74) is 2.62. The van der Waals surface area contributed by atoms with Crippen LogP contribution in [0.4, 0.5) is 0 Å². The van der Waals surface area contributed by atoms with E-state index in [-0.39, 0.29) is 0 Å². The second-order valence-corrected chi connectivity index (χ2v) is 4.71. The maximum absolute atomic E-state index is 3.49. The molecule has 1 aliphatic rings. The minimum absolute atomic E-state index is 0.478. The van der Waals surface area contributed by atoms with Crippen molar-refractivity contribution in [3.8, 4) is 0 Å². The van der Waals surface area contributed by atoms with E-state index in [2.05, 4.69) is 40.8 Å². The van der Waals surface area contributed by atoms with Gasteiger partial charge in [0, 0.05) is 35.0 Å². The van der Waals surface area contributed by atoms with Crippen molar-refractivity contribution in [3.05, 3.63) is 36.0 Å². The van der Waals surface area contributed by atoms with Gasteiger partial charge in [0.05, 0.1) is 5.37 Å². The highest BCUT2D eigenvalue weighted by Gasteiger charge is 2.19. The quantitative estimate of drug-likeness (QED) is 0.747. The van der Waals surface area contributed by atoms with Crippen LogP contribution >= 0.6 is 11.8 Å². The Morgan fingerprint density at radius 3 is 3.07 bits per heavy atom. The molecule has 2 nitrogen and oxygen atoms in total. The zero-order chi connectivity index (χ0) is 9.38. The molecule has 1 unspecified atom stereocenters. The lowest BCUT2D eigenvalue weighted by Crippen LogP contribution is -2.11. The summed E-state index contributed by atoms with van der Waals surface area (Å²) in [7, 11) is 0. The van der Waals surface area contributed by atoms with E-state index in [1.807, 2.05) is 11.8 Å². The number of nitrogens with one attached hydrogen (secondary N) is 2. The number of aromatic amines is 1. The van der Waals surface area contributed by atoms with Gasteiger partial charge >= 0.3 is 0 Å². The summed E-state index contributed by atoms with van der Waals surface area (Å²) < 4.78 is 0. The van der Waals surface area contributed by atoms with Crippen molar-refractivity contribution in [3.63, 3.8) is 0 Å². The van der Waals surface area contributed by atoms with Gasteiger partial charge < -0.3 is 10.3 Å². The molecule has 1 atom stereocenters. The molecular formula is C11H12N2S. The second kappa shape index (κ2) is 3.33. The molecule has 14 heavy (non-hydrogen) atoms. The molecule has 0 radical (unpaired) electrons. The summed E-state index contributed by atoms with van der Waals surface area (Å²) in [4.78, 5) is 3.31. The van der Waals surface area contributed by atoms with Crippen LogP contribution < -0.4 is 5.32 Å². The van der Waals surface area contributed by atoms with Gasteiger partial charge in [-0.1, -0.05) is 18.2 Å². The predicted molar refractivity (Wildman–Crippen MR) is 61.5 cm³/mol. The van der Waals surface area contributed by atoms with Crippen LogP contribution in [0, 0.1) is 0 Å². The van der Waals surface area contributed by atoms with Crippen molar-refractivity contribution in [1.29, 1.82) is 0 Å². The number of aromatic nitrogens is 1.